The summed E-state index contributed by atoms with van der Waals surface area (Å²) in [6, 6.07) is 5.30. The summed E-state index contributed by atoms with van der Waals surface area (Å²) in [5.41, 5.74) is 7.07. The highest BCUT2D eigenvalue weighted by Gasteiger charge is 2.09. The van der Waals surface area contributed by atoms with Crippen molar-refractivity contribution in [3.05, 3.63) is 53.3 Å². The van der Waals surface area contributed by atoms with Crippen molar-refractivity contribution in [2.24, 2.45) is 10.7 Å². The molecule has 0 aliphatic rings. The van der Waals surface area contributed by atoms with Crippen LogP contribution in [-0.4, -0.2) is 34.6 Å². The van der Waals surface area contributed by atoms with Crippen LogP contribution >= 0.6 is 11.6 Å². The molecule has 3 aromatic rings. The maximum atomic E-state index is 13.9. The van der Waals surface area contributed by atoms with E-state index >= 15 is 0 Å². The molecule has 0 radical (unpaired) electrons. The quantitative estimate of drug-likeness (QED) is 0.404. The summed E-state index contributed by atoms with van der Waals surface area (Å²) < 4.78 is 19.1. The number of fused-ring (bicyclic) bond motifs is 1. The van der Waals surface area contributed by atoms with Crippen molar-refractivity contribution in [2.45, 2.75) is 6.42 Å². The molecule has 3 N–H and O–H groups in total. The van der Waals surface area contributed by atoms with Crippen LogP contribution in [0.4, 0.5) is 15.9 Å². The molecule has 0 amide bonds. The first-order valence-electron chi connectivity index (χ1n) is 7.73. The lowest BCUT2D eigenvalue weighted by Crippen LogP contribution is -2.17. The Morgan fingerprint density at radius 2 is 2.15 bits per heavy atom. The van der Waals surface area contributed by atoms with Crippen molar-refractivity contribution in [2.75, 3.05) is 19.0 Å². The van der Waals surface area contributed by atoms with Gasteiger partial charge in [0.05, 0.1) is 23.5 Å². The van der Waals surface area contributed by atoms with E-state index in [0.717, 1.165) is 5.39 Å². The molecule has 0 aromatic carbocycles. The van der Waals surface area contributed by atoms with Gasteiger partial charge in [0.2, 0.25) is 5.95 Å². The number of rotatable bonds is 5. The Balaban J connectivity index is 1.81. The molecule has 0 fully saturated rings. The molecule has 0 saturated heterocycles. The summed E-state index contributed by atoms with van der Waals surface area (Å²) in [6.45, 7) is 0.192. The number of amidine groups is 1. The number of aliphatic imine (C=N–C) groups is 1. The number of hydrogen-bond donors (Lipinski definition) is 2. The number of aromatic nitrogens is 3. The molecule has 3 aromatic heterocycles. The summed E-state index contributed by atoms with van der Waals surface area (Å²) >= 11 is 5.97. The van der Waals surface area contributed by atoms with Crippen molar-refractivity contribution in [3.8, 4) is 0 Å². The predicted octanol–water partition coefficient (Wildman–Crippen LogP) is 3.06. The van der Waals surface area contributed by atoms with E-state index in [2.05, 4.69) is 25.3 Å². The highest BCUT2D eigenvalue weighted by molar-refractivity contribution is 6.31. The number of ether oxygens (including phenoxy) is 1. The second-order valence-electron chi connectivity index (χ2n) is 5.34. The summed E-state index contributed by atoms with van der Waals surface area (Å²) in [4.78, 5) is 16.0. The third-order valence-electron chi connectivity index (χ3n) is 3.58. The van der Waals surface area contributed by atoms with E-state index in [-0.39, 0.29) is 12.6 Å². The van der Waals surface area contributed by atoms with Gasteiger partial charge in [-0.3, -0.25) is 4.98 Å². The van der Waals surface area contributed by atoms with Crippen molar-refractivity contribution in [1.29, 1.82) is 0 Å². The Morgan fingerprint density at radius 1 is 1.31 bits per heavy atom. The smallest absolute Gasteiger partial charge is 0.281 e. The molecule has 0 aliphatic heterocycles. The van der Waals surface area contributed by atoms with Crippen LogP contribution in [-0.2, 0) is 11.2 Å². The summed E-state index contributed by atoms with van der Waals surface area (Å²) in [6.07, 6.45) is 4.86. The second kappa shape index (κ2) is 7.92. The van der Waals surface area contributed by atoms with Crippen molar-refractivity contribution in [1.82, 2.24) is 15.0 Å². The van der Waals surface area contributed by atoms with Crippen LogP contribution in [0.15, 0.2) is 41.8 Å². The van der Waals surface area contributed by atoms with Gasteiger partial charge in [0.25, 0.3) is 6.02 Å². The molecule has 0 unspecified atom stereocenters. The zero-order chi connectivity index (χ0) is 18.5. The van der Waals surface area contributed by atoms with Gasteiger partial charge in [-0.05, 0) is 18.2 Å². The van der Waals surface area contributed by atoms with E-state index in [1.54, 1.807) is 24.5 Å². The minimum atomic E-state index is -0.568. The number of pyridine rings is 3. The van der Waals surface area contributed by atoms with Crippen LogP contribution < -0.4 is 11.1 Å². The Bertz CT molecular complexity index is 965. The number of nitrogens with one attached hydrogen (secondary N) is 1. The van der Waals surface area contributed by atoms with Crippen molar-refractivity contribution >= 4 is 40.0 Å². The van der Waals surface area contributed by atoms with Crippen molar-refractivity contribution in [3.63, 3.8) is 0 Å². The molecule has 0 bridgehead atoms. The zero-order valence-corrected chi connectivity index (χ0v) is 14.7. The van der Waals surface area contributed by atoms with E-state index in [9.17, 15) is 4.39 Å². The van der Waals surface area contributed by atoms with Gasteiger partial charge < -0.3 is 15.8 Å². The van der Waals surface area contributed by atoms with Crippen LogP contribution in [0.2, 0.25) is 5.02 Å². The summed E-state index contributed by atoms with van der Waals surface area (Å²) in [5.74, 6) is -0.0425. The molecule has 3 heterocycles. The Labute approximate surface area is 154 Å². The number of anilines is 2. The maximum Gasteiger partial charge on any atom is 0.281 e. The van der Waals surface area contributed by atoms with E-state index < -0.39 is 5.95 Å². The van der Waals surface area contributed by atoms with Gasteiger partial charge in [0.15, 0.2) is 5.82 Å². The van der Waals surface area contributed by atoms with E-state index in [4.69, 9.17) is 22.1 Å². The molecule has 7 nitrogen and oxygen atoms in total. The van der Waals surface area contributed by atoms with Gasteiger partial charge in [0.1, 0.15) is 5.52 Å². The van der Waals surface area contributed by atoms with E-state index in [1.807, 2.05) is 6.07 Å². The first-order valence-corrected chi connectivity index (χ1v) is 8.11. The highest BCUT2D eigenvalue weighted by Crippen LogP contribution is 2.25. The lowest BCUT2D eigenvalue weighted by molar-refractivity contribution is 0.301. The molecular formula is C17H16ClFN6O. The molecule has 3 rings (SSSR count). The largest absolute Gasteiger partial charge is 0.465 e. The third-order valence-corrected chi connectivity index (χ3v) is 3.79. The Morgan fingerprint density at radius 3 is 2.96 bits per heavy atom. The summed E-state index contributed by atoms with van der Waals surface area (Å²) in [7, 11) is 1.51. The SMILES string of the molecule is C/N=C(/N)OCCc1cc(Nc2nccc3cc(Cl)cnc23)cnc1F. The Kier molecular flexibility index (Phi) is 5.43. The topological polar surface area (TPSA) is 98.3 Å². The van der Waals surface area contributed by atoms with Crippen LogP contribution in [0.1, 0.15) is 5.56 Å². The van der Waals surface area contributed by atoms with Gasteiger partial charge in [-0.15, -0.1) is 0 Å². The minimum Gasteiger partial charge on any atom is -0.465 e. The van der Waals surface area contributed by atoms with Crippen molar-refractivity contribution < 1.29 is 9.13 Å². The number of nitrogens with zero attached hydrogens (tertiary/aromatic N) is 4. The molecular weight excluding hydrogens is 359 g/mol. The zero-order valence-electron chi connectivity index (χ0n) is 13.9. The van der Waals surface area contributed by atoms with Gasteiger partial charge >= 0.3 is 0 Å². The molecule has 9 heteroatoms. The molecule has 0 aliphatic carbocycles. The van der Waals surface area contributed by atoms with Gasteiger partial charge in [-0.25, -0.2) is 15.0 Å². The van der Waals surface area contributed by atoms with E-state index in [0.29, 0.717) is 34.0 Å². The normalized spacial score (nSPS) is 11.6. The standard InChI is InChI=1S/C17H16ClFN6O/c1-21-17(20)26-5-3-11-7-13(9-24-15(11)19)25-16-14-10(2-4-22-16)6-12(18)8-23-14/h2,4,6-9H,3,5H2,1H3,(H2,20,21)(H,22,25). The lowest BCUT2D eigenvalue weighted by Gasteiger charge is -2.10. The van der Waals surface area contributed by atoms with Crippen LogP contribution in [0.25, 0.3) is 10.9 Å². The van der Waals surface area contributed by atoms with E-state index in [1.165, 1.54) is 13.2 Å². The molecule has 0 spiro atoms. The third kappa shape index (κ3) is 4.15. The molecule has 0 saturated carbocycles. The first kappa shape index (κ1) is 17.8. The fourth-order valence-corrected chi connectivity index (χ4v) is 2.50. The van der Waals surface area contributed by atoms with Crippen LogP contribution in [0.3, 0.4) is 0 Å². The first-order chi connectivity index (χ1) is 12.6. The minimum absolute atomic E-state index is 0.0531. The molecule has 134 valence electrons. The maximum absolute atomic E-state index is 13.9. The average molecular weight is 375 g/mol. The Hall–Kier alpha value is -3.00. The molecule has 0 atom stereocenters. The van der Waals surface area contributed by atoms with Gasteiger partial charge in [-0.1, -0.05) is 11.6 Å². The van der Waals surface area contributed by atoms with Crippen LogP contribution in [0, 0.1) is 5.95 Å². The lowest BCUT2D eigenvalue weighted by atomic mass is 10.2. The van der Waals surface area contributed by atoms with Gasteiger partial charge in [0, 0.05) is 36.8 Å². The number of hydrogen-bond acceptors (Lipinski definition) is 6. The number of nitrogens with two attached hydrogens (primary N) is 1. The number of halogens is 2. The van der Waals surface area contributed by atoms with Gasteiger partial charge in [-0.2, -0.15) is 4.39 Å². The van der Waals surface area contributed by atoms with Crippen LogP contribution in [0.5, 0.6) is 0 Å². The fraction of sp³-hybridized carbons (Fsp3) is 0.176. The fourth-order valence-electron chi connectivity index (χ4n) is 2.33. The molecule has 26 heavy (non-hydrogen) atoms. The summed E-state index contributed by atoms with van der Waals surface area (Å²) in [5, 5.41) is 4.49. The highest BCUT2D eigenvalue weighted by atomic mass is 35.5. The average Bonchev–Trinajstić information content (AvgIpc) is 2.64. The second-order valence-corrected chi connectivity index (χ2v) is 5.78. The predicted molar refractivity (Wildman–Crippen MR) is 99.2 cm³/mol. The monoisotopic (exact) mass is 374 g/mol.